The molecule has 0 bridgehead atoms. The molecule has 114 valence electrons. The lowest BCUT2D eigenvalue weighted by Crippen LogP contribution is -2.40. The van der Waals surface area contributed by atoms with Crippen molar-refractivity contribution in [2.24, 2.45) is 0 Å². The molecule has 1 aliphatic heterocycles. The fraction of sp³-hybridized carbons (Fsp3) is 0.500. The van der Waals surface area contributed by atoms with Gasteiger partial charge in [0.15, 0.2) is 0 Å². The van der Waals surface area contributed by atoms with E-state index in [2.05, 4.69) is 0 Å². The first-order chi connectivity index (χ1) is 10.1. The molecule has 1 heterocycles. The van der Waals surface area contributed by atoms with Crippen molar-refractivity contribution >= 4 is 29.3 Å². The Bertz CT molecular complexity index is 495. The standard InChI is InChI=1S/C16H21NO3S/c1-12-5-7-13(8-6-12)17(10-9-15(18)19)16(20)14-4-2-3-11-21-14/h5-8,14H,2-4,9-11H2,1H3,(H,18,19). The van der Waals surface area contributed by atoms with Gasteiger partial charge in [-0.25, -0.2) is 0 Å². The first-order valence-electron chi connectivity index (χ1n) is 7.29. The van der Waals surface area contributed by atoms with Gasteiger partial charge >= 0.3 is 5.97 Å². The lowest BCUT2D eigenvalue weighted by Gasteiger charge is -2.29. The summed E-state index contributed by atoms with van der Waals surface area (Å²) in [5, 5.41) is 8.87. The Morgan fingerprint density at radius 2 is 2.00 bits per heavy atom. The van der Waals surface area contributed by atoms with Gasteiger partial charge in [0.05, 0.1) is 11.7 Å². The Morgan fingerprint density at radius 3 is 2.57 bits per heavy atom. The molecule has 5 heteroatoms. The van der Waals surface area contributed by atoms with Gasteiger partial charge in [0.1, 0.15) is 0 Å². The summed E-state index contributed by atoms with van der Waals surface area (Å²) in [5.41, 5.74) is 1.91. The van der Waals surface area contributed by atoms with Crippen LogP contribution < -0.4 is 4.90 Å². The van der Waals surface area contributed by atoms with Crippen LogP contribution in [0.5, 0.6) is 0 Å². The highest BCUT2D eigenvalue weighted by Gasteiger charge is 2.27. The summed E-state index contributed by atoms with van der Waals surface area (Å²) in [7, 11) is 0. The van der Waals surface area contributed by atoms with E-state index in [1.54, 1.807) is 16.7 Å². The number of aryl methyl sites for hydroxylation is 1. The topological polar surface area (TPSA) is 57.6 Å². The lowest BCUT2D eigenvalue weighted by molar-refractivity contribution is -0.136. The number of thioether (sulfide) groups is 1. The van der Waals surface area contributed by atoms with Crippen molar-refractivity contribution < 1.29 is 14.7 Å². The fourth-order valence-corrected chi connectivity index (χ4v) is 3.67. The molecule has 4 nitrogen and oxygen atoms in total. The van der Waals surface area contributed by atoms with Crippen LogP contribution >= 0.6 is 11.8 Å². The van der Waals surface area contributed by atoms with E-state index in [4.69, 9.17) is 5.11 Å². The molecule has 2 rings (SSSR count). The van der Waals surface area contributed by atoms with Crippen LogP contribution in [-0.4, -0.2) is 34.5 Å². The van der Waals surface area contributed by atoms with E-state index in [1.807, 2.05) is 31.2 Å². The summed E-state index contributed by atoms with van der Waals surface area (Å²) in [4.78, 5) is 25.2. The number of aliphatic carboxylic acids is 1. The summed E-state index contributed by atoms with van der Waals surface area (Å²) < 4.78 is 0. The zero-order valence-corrected chi connectivity index (χ0v) is 13.1. The minimum Gasteiger partial charge on any atom is -0.481 e. The van der Waals surface area contributed by atoms with Gasteiger partial charge in [-0.3, -0.25) is 9.59 Å². The monoisotopic (exact) mass is 307 g/mol. The van der Waals surface area contributed by atoms with E-state index < -0.39 is 5.97 Å². The van der Waals surface area contributed by atoms with E-state index in [0.717, 1.165) is 36.3 Å². The van der Waals surface area contributed by atoms with Gasteiger partial charge in [0, 0.05) is 12.2 Å². The third kappa shape index (κ3) is 4.49. The Kier molecular flexibility index (Phi) is 5.67. The maximum Gasteiger partial charge on any atom is 0.305 e. The van der Waals surface area contributed by atoms with E-state index >= 15 is 0 Å². The zero-order valence-electron chi connectivity index (χ0n) is 12.2. The van der Waals surface area contributed by atoms with E-state index in [-0.39, 0.29) is 24.1 Å². The average molecular weight is 307 g/mol. The molecule has 0 aromatic heterocycles. The number of carboxylic acid groups (broad SMARTS) is 1. The molecule has 1 fully saturated rings. The number of carboxylic acids is 1. The van der Waals surface area contributed by atoms with Gasteiger partial charge in [-0.1, -0.05) is 24.1 Å². The van der Waals surface area contributed by atoms with Crippen LogP contribution in [-0.2, 0) is 9.59 Å². The van der Waals surface area contributed by atoms with Crippen LogP contribution in [0.3, 0.4) is 0 Å². The van der Waals surface area contributed by atoms with Crippen molar-refractivity contribution in [1.29, 1.82) is 0 Å². The zero-order chi connectivity index (χ0) is 15.2. The molecule has 1 N–H and O–H groups in total. The molecular weight excluding hydrogens is 286 g/mol. The minimum atomic E-state index is -0.879. The number of carbonyl (C=O) groups is 2. The Balaban J connectivity index is 2.15. The molecule has 1 aliphatic rings. The third-order valence-corrected chi connectivity index (χ3v) is 4.98. The molecule has 0 saturated carbocycles. The summed E-state index contributed by atoms with van der Waals surface area (Å²) in [6.45, 7) is 2.22. The predicted octanol–water partition coefficient (Wildman–Crippen LogP) is 3.09. The molecule has 1 aromatic carbocycles. The third-order valence-electron chi connectivity index (χ3n) is 3.62. The number of hydrogen-bond donors (Lipinski definition) is 1. The highest BCUT2D eigenvalue weighted by Crippen LogP contribution is 2.28. The number of hydrogen-bond acceptors (Lipinski definition) is 3. The van der Waals surface area contributed by atoms with Crippen LogP contribution in [0.15, 0.2) is 24.3 Å². The smallest absolute Gasteiger partial charge is 0.305 e. The van der Waals surface area contributed by atoms with Crippen LogP contribution in [0.4, 0.5) is 5.69 Å². The van der Waals surface area contributed by atoms with Crippen molar-refractivity contribution in [3.63, 3.8) is 0 Å². The molecule has 1 saturated heterocycles. The number of rotatable bonds is 5. The lowest BCUT2D eigenvalue weighted by atomic mass is 10.1. The fourth-order valence-electron chi connectivity index (χ4n) is 2.41. The highest BCUT2D eigenvalue weighted by atomic mass is 32.2. The molecule has 1 aromatic rings. The molecule has 1 atom stereocenters. The van der Waals surface area contributed by atoms with Gasteiger partial charge in [-0.2, -0.15) is 0 Å². The number of nitrogens with zero attached hydrogens (tertiary/aromatic N) is 1. The number of anilines is 1. The molecule has 21 heavy (non-hydrogen) atoms. The van der Waals surface area contributed by atoms with Crippen molar-refractivity contribution in [2.45, 2.75) is 37.9 Å². The van der Waals surface area contributed by atoms with Gasteiger partial charge in [-0.05, 0) is 37.7 Å². The minimum absolute atomic E-state index is 0.0308. The second kappa shape index (κ2) is 7.50. The highest BCUT2D eigenvalue weighted by molar-refractivity contribution is 8.00. The van der Waals surface area contributed by atoms with E-state index in [1.165, 1.54) is 0 Å². The van der Waals surface area contributed by atoms with Gasteiger partial charge in [0.25, 0.3) is 0 Å². The Morgan fingerprint density at radius 1 is 1.29 bits per heavy atom. The predicted molar refractivity (Wildman–Crippen MR) is 85.9 cm³/mol. The van der Waals surface area contributed by atoms with Crippen molar-refractivity contribution in [2.75, 3.05) is 17.2 Å². The molecule has 0 spiro atoms. The Hall–Kier alpha value is -1.49. The second-order valence-corrected chi connectivity index (χ2v) is 6.63. The Labute approximate surface area is 129 Å². The molecule has 1 unspecified atom stereocenters. The van der Waals surface area contributed by atoms with Crippen molar-refractivity contribution in [3.8, 4) is 0 Å². The molecular formula is C16H21NO3S. The van der Waals surface area contributed by atoms with Crippen LogP contribution in [0.25, 0.3) is 0 Å². The number of carbonyl (C=O) groups excluding carboxylic acids is 1. The van der Waals surface area contributed by atoms with Crippen molar-refractivity contribution in [3.05, 3.63) is 29.8 Å². The van der Waals surface area contributed by atoms with Crippen LogP contribution in [0.1, 0.15) is 31.2 Å². The largest absolute Gasteiger partial charge is 0.481 e. The summed E-state index contributed by atoms with van der Waals surface area (Å²) >= 11 is 1.69. The van der Waals surface area contributed by atoms with Crippen molar-refractivity contribution in [1.82, 2.24) is 0 Å². The molecule has 0 aliphatic carbocycles. The number of benzene rings is 1. The average Bonchev–Trinajstić information content (AvgIpc) is 2.49. The van der Waals surface area contributed by atoms with Gasteiger partial charge < -0.3 is 10.0 Å². The number of amides is 1. The van der Waals surface area contributed by atoms with E-state index in [9.17, 15) is 9.59 Å². The van der Waals surface area contributed by atoms with Gasteiger partial charge in [-0.15, -0.1) is 11.8 Å². The molecule has 1 amide bonds. The van der Waals surface area contributed by atoms with Crippen LogP contribution in [0, 0.1) is 6.92 Å². The quantitative estimate of drug-likeness (QED) is 0.908. The molecule has 0 radical (unpaired) electrons. The summed E-state index contributed by atoms with van der Waals surface area (Å²) in [6, 6.07) is 7.68. The maximum atomic E-state index is 12.7. The first-order valence-corrected chi connectivity index (χ1v) is 8.34. The van der Waals surface area contributed by atoms with E-state index in [0.29, 0.717) is 0 Å². The second-order valence-electron chi connectivity index (χ2n) is 5.32. The maximum absolute atomic E-state index is 12.7. The normalized spacial score (nSPS) is 18.2. The van der Waals surface area contributed by atoms with Crippen LogP contribution in [0.2, 0.25) is 0 Å². The summed E-state index contributed by atoms with van der Waals surface area (Å²) in [6.07, 6.45) is 3.09. The summed E-state index contributed by atoms with van der Waals surface area (Å²) in [5.74, 6) is 0.179. The first kappa shape index (κ1) is 15.9. The van der Waals surface area contributed by atoms with Gasteiger partial charge in [0.2, 0.25) is 5.91 Å². The SMILES string of the molecule is Cc1ccc(N(CCC(=O)O)C(=O)C2CCCCS2)cc1.